The van der Waals surface area contributed by atoms with Crippen molar-refractivity contribution in [3.8, 4) is 0 Å². The second-order valence-corrected chi connectivity index (χ2v) is 4.74. The Hall–Kier alpha value is -1.55. The van der Waals surface area contributed by atoms with Crippen LogP contribution in [0.15, 0.2) is 35.4 Å². The van der Waals surface area contributed by atoms with E-state index in [-0.39, 0.29) is 5.17 Å². The fraction of sp³-hybridized carbons (Fsp3) is 0.333. The Morgan fingerprint density at radius 2 is 1.88 bits per heavy atom. The van der Waals surface area contributed by atoms with Gasteiger partial charge in [-0.3, -0.25) is 5.43 Å². The number of carbonyl (C=O) groups excluding carboxylic acids is 1. The van der Waals surface area contributed by atoms with Crippen LogP contribution in [0.1, 0.15) is 20.8 Å². The van der Waals surface area contributed by atoms with E-state index in [4.69, 9.17) is 16.3 Å². The van der Waals surface area contributed by atoms with Crippen LogP contribution in [0.2, 0.25) is 0 Å². The summed E-state index contributed by atoms with van der Waals surface area (Å²) in [4.78, 5) is 11.5. The highest BCUT2D eigenvalue weighted by molar-refractivity contribution is 6.82. The van der Waals surface area contributed by atoms with E-state index in [1.54, 1.807) is 20.8 Å². The van der Waals surface area contributed by atoms with Crippen LogP contribution in [-0.4, -0.2) is 16.7 Å². The summed E-state index contributed by atoms with van der Waals surface area (Å²) in [6.07, 6.45) is 0. The zero-order chi connectivity index (χ0) is 12.9. The number of anilines is 1. The Balaban J connectivity index is 2.58. The molecule has 92 valence electrons. The van der Waals surface area contributed by atoms with Crippen molar-refractivity contribution in [2.24, 2.45) is 5.10 Å². The van der Waals surface area contributed by atoms with Crippen molar-refractivity contribution in [2.45, 2.75) is 26.4 Å². The number of hydrogen-bond donors (Lipinski definition) is 1. The number of halogens is 1. The van der Waals surface area contributed by atoms with Crippen molar-refractivity contribution in [1.29, 1.82) is 0 Å². The molecular weight excluding hydrogens is 240 g/mol. The normalized spacial score (nSPS) is 12.1. The zero-order valence-corrected chi connectivity index (χ0v) is 10.8. The third kappa shape index (κ3) is 5.36. The van der Waals surface area contributed by atoms with Gasteiger partial charge >= 0.3 is 5.97 Å². The van der Waals surface area contributed by atoms with Gasteiger partial charge in [-0.05, 0) is 32.9 Å². The van der Waals surface area contributed by atoms with E-state index in [9.17, 15) is 4.79 Å². The molecule has 1 aromatic rings. The van der Waals surface area contributed by atoms with Gasteiger partial charge in [-0.15, -0.1) is 0 Å². The highest BCUT2D eigenvalue weighted by Gasteiger charge is 2.19. The number of nitrogens with one attached hydrogen (secondary N) is 1. The predicted molar refractivity (Wildman–Crippen MR) is 69.2 cm³/mol. The van der Waals surface area contributed by atoms with Gasteiger partial charge < -0.3 is 4.74 Å². The molecule has 0 radical (unpaired) electrons. The van der Waals surface area contributed by atoms with Gasteiger partial charge in [0.2, 0.25) is 5.17 Å². The van der Waals surface area contributed by atoms with Crippen LogP contribution in [0.5, 0.6) is 0 Å². The van der Waals surface area contributed by atoms with Crippen LogP contribution in [-0.2, 0) is 9.53 Å². The summed E-state index contributed by atoms with van der Waals surface area (Å²) in [7, 11) is 0. The molecule has 0 bridgehead atoms. The van der Waals surface area contributed by atoms with Crippen molar-refractivity contribution in [3.63, 3.8) is 0 Å². The van der Waals surface area contributed by atoms with E-state index in [1.165, 1.54) is 0 Å². The molecule has 1 rings (SSSR count). The predicted octanol–water partition coefficient (Wildman–Crippen LogP) is 2.99. The van der Waals surface area contributed by atoms with Crippen LogP contribution in [0.4, 0.5) is 5.69 Å². The van der Waals surface area contributed by atoms with E-state index in [2.05, 4.69) is 10.5 Å². The molecule has 0 heterocycles. The maximum absolute atomic E-state index is 11.5. The lowest BCUT2D eigenvalue weighted by atomic mass is 10.2. The van der Waals surface area contributed by atoms with Gasteiger partial charge in [-0.2, -0.15) is 5.10 Å². The SMILES string of the molecule is CC(C)(C)OC(=O)C(Cl)=NNc1ccccc1. The average Bonchev–Trinajstić information content (AvgIpc) is 2.25. The van der Waals surface area contributed by atoms with Gasteiger partial charge in [-0.25, -0.2) is 4.79 Å². The molecule has 0 saturated heterocycles. The Morgan fingerprint density at radius 1 is 1.29 bits per heavy atom. The molecule has 0 aliphatic carbocycles. The van der Waals surface area contributed by atoms with E-state index in [0.717, 1.165) is 5.69 Å². The van der Waals surface area contributed by atoms with Crippen molar-refractivity contribution < 1.29 is 9.53 Å². The molecule has 0 amide bonds. The van der Waals surface area contributed by atoms with Crippen LogP contribution in [0.25, 0.3) is 0 Å². The Kier molecular flexibility index (Phi) is 4.52. The van der Waals surface area contributed by atoms with E-state index >= 15 is 0 Å². The zero-order valence-electron chi connectivity index (χ0n) is 10.0. The van der Waals surface area contributed by atoms with Crippen molar-refractivity contribution in [3.05, 3.63) is 30.3 Å². The van der Waals surface area contributed by atoms with E-state index < -0.39 is 11.6 Å². The van der Waals surface area contributed by atoms with Gasteiger partial charge in [0.1, 0.15) is 5.60 Å². The van der Waals surface area contributed by atoms with Crippen LogP contribution in [0, 0.1) is 0 Å². The number of hydrogen-bond acceptors (Lipinski definition) is 4. The van der Waals surface area contributed by atoms with Gasteiger partial charge in [-0.1, -0.05) is 29.8 Å². The molecule has 0 fully saturated rings. The average molecular weight is 255 g/mol. The quantitative estimate of drug-likeness (QED) is 0.513. The molecule has 5 heteroatoms. The fourth-order valence-corrected chi connectivity index (χ4v) is 1.07. The first-order valence-corrected chi connectivity index (χ1v) is 5.54. The van der Waals surface area contributed by atoms with Crippen LogP contribution < -0.4 is 5.43 Å². The fourth-order valence-electron chi connectivity index (χ4n) is 0.992. The second kappa shape index (κ2) is 5.68. The smallest absolute Gasteiger partial charge is 0.371 e. The van der Waals surface area contributed by atoms with Gasteiger partial charge in [0.25, 0.3) is 0 Å². The molecular formula is C12H15ClN2O2. The standard InChI is InChI=1S/C12H15ClN2O2/c1-12(2,3)17-11(16)10(13)15-14-9-7-5-4-6-8-9/h4-8,14H,1-3H3. The third-order valence-corrected chi connectivity index (χ3v) is 1.86. The maximum atomic E-state index is 11.5. The molecule has 1 N–H and O–H groups in total. The summed E-state index contributed by atoms with van der Waals surface area (Å²) in [5.74, 6) is -0.650. The summed E-state index contributed by atoms with van der Waals surface area (Å²) in [5, 5.41) is 3.50. The Morgan fingerprint density at radius 3 is 2.41 bits per heavy atom. The summed E-state index contributed by atoms with van der Waals surface area (Å²) in [5.41, 5.74) is 2.83. The lowest BCUT2D eigenvalue weighted by Gasteiger charge is -2.18. The molecule has 0 unspecified atom stereocenters. The minimum Gasteiger partial charge on any atom is -0.455 e. The van der Waals surface area contributed by atoms with E-state index in [0.29, 0.717) is 0 Å². The molecule has 0 aromatic heterocycles. The highest BCUT2D eigenvalue weighted by atomic mass is 35.5. The number of hydrazone groups is 1. The second-order valence-electron chi connectivity index (χ2n) is 4.38. The van der Waals surface area contributed by atoms with Gasteiger partial charge in [0, 0.05) is 0 Å². The number of rotatable bonds is 3. The minimum absolute atomic E-state index is 0.233. The molecule has 4 nitrogen and oxygen atoms in total. The first kappa shape index (κ1) is 13.5. The van der Waals surface area contributed by atoms with Gasteiger partial charge in [0.05, 0.1) is 5.69 Å². The largest absolute Gasteiger partial charge is 0.455 e. The highest BCUT2D eigenvalue weighted by Crippen LogP contribution is 2.09. The minimum atomic E-state index is -0.650. The number of carbonyl (C=O) groups is 1. The molecule has 0 aliphatic rings. The number of esters is 1. The van der Waals surface area contributed by atoms with Gasteiger partial charge in [0.15, 0.2) is 0 Å². The molecule has 17 heavy (non-hydrogen) atoms. The molecule has 0 spiro atoms. The number of benzene rings is 1. The first-order chi connectivity index (χ1) is 7.88. The van der Waals surface area contributed by atoms with E-state index in [1.807, 2.05) is 30.3 Å². The molecule has 0 aliphatic heterocycles. The monoisotopic (exact) mass is 254 g/mol. The molecule has 0 saturated carbocycles. The molecule has 1 aromatic carbocycles. The number of ether oxygens (including phenoxy) is 1. The lowest BCUT2D eigenvalue weighted by molar-refractivity contribution is -0.145. The number of para-hydroxylation sites is 1. The lowest BCUT2D eigenvalue weighted by Crippen LogP contribution is -2.27. The van der Waals surface area contributed by atoms with Crippen molar-refractivity contribution in [2.75, 3.05) is 5.43 Å². The third-order valence-electron chi connectivity index (χ3n) is 1.62. The summed E-state index contributed by atoms with van der Waals surface area (Å²) < 4.78 is 5.05. The Labute approximate surface area is 106 Å². The Bertz CT molecular complexity index is 410. The molecule has 0 atom stereocenters. The van der Waals surface area contributed by atoms with Crippen LogP contribution in [0.3, 0.4) is 0 Å². The van der Waals surface area contributed by atoms with Crippen molar-refractivity contribution in [1.82, 2.24) is 0 Å². The topological polar surface area (TPSA) is 50.7 Å². The summed E-state index contributed by atoms with van der Waals surface area (Å²) in [6, 6.07) is 9.19. The first-order valence-electron chi connectivity index (χ1n) is 5.16. The maximum Gasteiger partial charge on any atom is 0.371 e. The number of nitrogens with zero attached hydrogens (tertiary/aromatic N) is 1. The van der Waals surface area contributed by atoms with Crippen molar-refractivity contribution >= 4 is 28.4 Å². The summed E-state index contributed by atoms with van der Waals surface area (Å²) >= 11 is 5.70. The summed E-state index contributed by atoms with van der Waals surface area (Å²) in [6.45, 7) is 5.29. The van der Waals surface area contributed by atoms with Crippen LogP contribution >= 0.6 is 11.6 Å².